The van der Waals surface area contributed by atoms with Crippen molar-refractivity contribution < 1.29 is 22.4 Å². The second-order valence-electron chi connectivity index (χ2n) is 4.95. The van der Waals surface area contributed by atoms with Gasteiger partial charge in [0.25, 0.3) is 0 Å². The van der Waals surface area contributed by atoms with Crippen LogP contribution < -0.4 is 0 Å². The molecule has 0 spiro atoms. The summed E-state index contributed by atoms with van der Waals surface area (Å²) in [5, 5.41) is 0. The Kier molecular flexibility index (Phi) is 3.92. The van der Waals surface area contributed by atoms with Crippen LogP contribution in [0.1, 0.15) is 36.0 Å². The minimum absolute atomic E-state index is 0.0601. The first-order valence-electron chi connectivity index (χ1n) is 6.25. The van der Waals surface area contributed by atoms with Crippen LogP contribution in [0.2, 0.25) is 0 Å². The number of alkyl halides is 3. The average Bonchev–Trinajstić information content (AvgIpc) is 2.38. The third-order valence-electron chi connectivity index (χ3n) is 3.65. The van der Waals surface area contributed by atoms with E-state index in [4.69, 9.17) is 0 Å². The fourth-order valence-electron chi connectivity index (χ4n) is 2.61. The van der Waals surface area contributed by atoms with Crippen molar-refractivity contribution >= 4 is 5.78 Å². The third kappa shape index (κ3) is 3.14. The van der Waals surface area contributed by atoms with E-state index in [1.165, 1.54) is 18.2 Å². The van der Waals surface area contributed by atoms with E-state index in [0.717, 1.165) is 6.07 Å². The fourth-order valence-corrected chi connectivity index (χ4v) is 2.61. The SMILES string of the molecule is O=C(c1ccccc1F)C1CCCC(C(F)(F)F)C1. The molecular formula is C14H14F4O. The second kappa shape index (κ2) is 5.31. The van der Waals surface area contributed by atoms with Crippen LogP contribution in [-0.2, 0) is 0 Å². The molecule has 1 nitrogen and oxygen atoms in total. The van der Waals surface area contributed by atoms with Crippen molar-refractivity contribution in [1.82, 2.24) is 0 Å². The maximum absolute atomic E-state index is 13.5. The number of benzene rings is 1. The van der Waals surface area contributed by atoms with E-state index in [-0.39, 0.29) is 18.4 Å². The highest BCUT2D eigenvalue weighted by Crippen LogP contribution is 2.40. The molecule has 1 aromatic rings. The first-order chi connectivity index (χ1) is 8.89. The minimum Gasteiger partial charge on any atom is -0.294 e. The number of rotatable bonds is 2. The van der Waals surface area contributed by atoms with Gasteiger partial charge in [-0.2, -0.15) is 13.2 Å². The number of hydrogen-bond acceptors (Lipinski definition) is 1. The summed E-state index contributed by atoms with van der Waals surface area (Å²) in [5.74, 6) is -3.34. The summed E-state index contributed by atoms with van der Waals surface area (Å²) in [6, 6.07) is 5.44. The predicted molar refractivity (Wildman–Crippen MR) is 62.2 cm³/mol. The van der Waals surface area contributed by atoms with E-state index in [9.17, 15) is 22.4 Å². The summed E-state index contributed by atoms with van der Waals surface area (Å²) in [5.41, 5.74) is -0.102. The summed E-state index contributed by atoms with van der Waals surface area (Å²) in [7, 11) is 0. The van der Waals surface area contributed by atoms with Gasteiger partial charge in [-0.15, -0.1) is 0 Å². The van der Waals surface area contributed by atoms with Gasteiger partial charge in [0.15, 0.2) is 5.78 Å². The number of carbonyl (C=O) groups excluding carboxylic acids is 1. The molecule has 0 saturated heterocycles. The third-order valence-corrected chi connectivity index (χ3v) is 3.65. The van der Waals surface area contributed by atoms with Crippen molar-refractivity contribution in [1.29, 1.82) is 0 Å². The number of Topliss-reactive ketones (excluding diaryl/α,β-unsaturated/α-hetero) is 1. The molecule has 2 rings (SSSR count). The van der Waals surface area contributed by atoms with E-state index in [1.54, 1.807) is 0 Å². The van der Waals surface area contributed by atoms with Gasteiger partial charge in [-0.25, -0.2) is 4.39 Å². The van der Waals surface area contributed by atoms with Gasteiger partial charge in [0.1, 0.15) is 5.82 Å². The molecule has 2 unspecified atom stereocenters. The van der Waals surface area contributed by atoms with Crippen molar-refractivity contribution in [2.75, 3.05) is 0 Å². The molecule has 19 heavy (non-hydrogen) atoms. The van der Waals surface area contributed by atoms with Gasteiger partial charge in [-0.3, -0.25) is 4.79 Å². The highest BCUT2D eigenvalue weighted by atomic mass is 19.4. The lowest BCUT2D eigenvalue weighted by atomic mass is 9.77. The fraction of sp³-hybridized carbons (Fsp3) is 0.500. The summed E-state index contributed by atoms with van der Waals surface area (Å²) in [4.78, 5) is 12.1. The molecule has 1 aliphatic carbocycles. The number of hydrogen-bond donors (Lipinski definition) is 0. The lowest BCUT2D eigenvalue weighted by Gasteiger charge is -2.29. The molecule has 0 bridgehead atoms. The summed E-state index contributed by atoms with van der Waals surface area (Å²) in [6.07, 6.45) is -3.68. The largest absolute Gasteiger partial charge is 0.391 e. The van der Waals surface area contributed by atoms with Gasteiger partial charge >= 0.3 is 6.18 Å². The van der Waals surface area contributed by atoms with E-state index >= 15 is 0 Å². The molecule has 1 aliphatic rings. The van der Waals surface area contributed by atoms with Gasteiger partial charge in [0.05, 0.1) is 11.5 Å². The Hall–Kier alpha value is -1.39. The zero-order valence-corrected chi connectivity index (χ0v) is 10.2. The number of ketones is 1. The Morgan fingerprint density at radius 3 is 2.47 bits per heavy atom. The molecule has 2 atom stereocenters. The molecule has 0 aliphatic heterocycles. The lowest BCUT2D eigenvalue weighted by Crippen LogP contribution is -2.32. The van der Waals surface area contributed by atoms with Crippen LogP contribution in [0.25, 0.3) is 0 Å². The normalized spacial score (nSPS) is 24.2. The number of carbonyl (C=O) groups is 1. The van der Waals surface area contributed by atoms with Crippen molar-refractivity contribution in [2.24, 2.45) is 11.8 Å². The van der Waals surface area contributed by atoms with Crippen LogP contribution >= 0.6 is 0 Å². The Labute approximate surface area is 108 Å². The molecule has 0 amide bonds. The first-order valence-corrected chi connectivity index (χ1v) is 6.25. The van der Waals surface area contributed by atoms with Gasteiger partial charge < -0.3 is 0 Å². The highest BCUT2D eigenvalue weighted by molar-refractivity contribution is 5.98. The van der Waals surface area contributed by atoms with Crippen molar-refractivity contribution in [3.8, 4) is 0 Å². The molecule has 0 N–H and O–H groups in total. The van der Waals surface area contributed by atoms with Gasteiger partial charge in [-0.05, 0) is 31.4 Å². The topological polar surface area (TPSA) is 17.1 Å². The Morgan fingerprint density at radius 2 is 1.84 bits per heavy atom. The molecule has 104 valence electrons. The van der Waals surface area contributed by atoms with Crippen molar-refractivity contribution in [2.45, 2.75) is 31.9 Å². The molecule has 0 heterocycles. The Bertz CT molecular complexity index is 467. The molecule has 1 fully saturated rings. The van der Waals surface area contributed by atoms with Crippen molar-refractivity contribution in [3.63, 3.8) is 0 Å². The maximum atomic E-state index is 13.5. The quantitative estimate of drug-likeness (QED) is 0.578. The second-order valence-corrected chi connectivity index (χ2v) is 4.95. The molecule has 0 radical (unpaired) electrons. The molecule has 1 saturated carbocycles. The standard InChI is InChI=1S/C14H14F4O/c15-12-7-2-1-6-11(12)13(19)9-4-3-5-10(8-9)14(16,17)18/h1-2,6-7,9-10H,3-5,8H2. The smallest absolute Gasteiger partial charge is 0.294 e. The van der Waals surface area contributed by atoms with Crippen LogP contribution in [0.5, 0.6) is 0 Å². The van der Waals surface area contributed by atoms with Gasteiger partial charge in [0, 0.05) is 5.92 Å². The minimum atomic E-state index is -4.27. The van der Waals surface area contributed by atoms with E-state index in [1.807, 2.05) is 0 Å². The van der Waals surface area contributed by atoms with Crippen LogP contribution in [-0.4, -0.2) is 12.0 Å². The van der Waals surface area contributed by atoms with E-state index in [2.05, 4.69) is 0 Å². The number of halogens is 4. The van der Waals surface area contributed by atoms with Gasteiger partial charge in [0.2, 0.25) is 0 Å². The monoisotopic (exact) mass is 274 g/mol. The zero-order chi connectivity index (χ0) is 14.0. The first kappa shape index (κ1) is 14.0. The highest BCUT2D eigenvalue weighted by Gasteiger charge is 2.43. The molecule has 5 heteroatoms. The van der Waals surface area contributed by atoms with E-state index in [0.29, 0.717) is 12.8 Å². The Balaban J connectivity index is 2.14. The molecule has 0 aromatic heterocycles. The summed E-state index contributed by atoms with van der Waals surface area (Å²) >= 11 is 0. The maximum Gasteiger partial charge on any atom is 0.391 e. The Morgan fingerprint density at radius 1 is 1.16 bits per heavy atom. The van der Waals surface area contributed by atoms with Crippen LogP contribution in [0, 0.1) is 17.7 Å². The average molecular weight is 274 g/mol. The van der Waals surface area contributed by atoms with Crippen LogP contribution in [0.15, 0.2) is 24.3 Å². The van der Waals surface area contributed by atoms with Gasteiger partial charge in [-0.1, -0.05) is 18.6 Å². The summed E-state index contributed by atoms with van der Waals surface area (Å²) < 4.78 is 51.5. The predicted octanol–water partition coefficient (Wildman–Crippen LogP) is 4.38. The van der Waals surface area contributed by atoms with Crippen LogP contribution in [0.4, 0.5) is 17.6 Å². The van der Waals surface area contributed by atoms with Crippen molar-refractivity contribution in [3.05, 3.63) is 35.6 Å². The lowest BCUT2D eigenvalue weighted by molar-refractivity contribution is -0.184. The van der Waals surface area contributed by atoms with Crippen LogP contribution in [0.3, 0.4) is 0 Å². The van der Waals surface area contributed by atoms with E-state index < -0.39 is 29.6 Å². The molecular weight excluding hydrogens is 260 g/mol. The summed E-state index contributed by atoms with van der Waals surface area (Å²) in [6.45, 7) is 0. The molecule has 1 aromatic carbocycles. The zero-order valence-electron chi connectivity index (χ0n) is 10.2.